The maximum atomic E-state index is 12.5. The monoisotopic (exact) mass is 352 g/mol. The van der Waals surface area contributed by atoms with E-state index in [1.165, 1.54) is 11.3 Å². The SMILES string of the molecule is Cc1sc(Br)cc1S(=O)(=O)N1CCC(N)C(C)C1. The van der Waals surface area contributed by atoms with Crippen LogP contribution < -0.4 is 5.73 Å². The van der Waals surface area contributed by atoms with Crippen molar-refractivity contribution in [3.05, 3.63) is 14.7 Å². The highest BCUT2D eigenvalue weighted by Crippen LogP contribution is 2.32. The lowest BCUT2D eigenvalue weighted by molar-refractivity contribution is 0.250. The van der Waals surface area contributed by atoms with Crippen molar-refractivity contribution in [3.8, 4) is 0 Å². The third kappa shape index (κ3) is 2.65. The Morgan fingerprint density at radius 2 is 2.22 bits per heavy atom. The average molecular weight is 353 g/mol. The second-order valence-electron chi connectivity index (χ2n) is 4.76. The van der Waals surface area contributed by atoms with Crippen LogP contribution in [0.15, 0.2) is 14.7 Å². The summed E-state index contributed by atoms with van der Waals surface area (Å²) in [5.41, 5.74) is 5.93. The highest BCUT2D eigenvalue weighted by Gasteiger charge is 2.33. The molecule has 0 aliphatic carbocycles. The summed E-state index contributed by atoms with van der Waals surface area (Å²) in [5, 5.41) is 0. The molecule has 0 saturated carbocycles. The van der Waals surface area contributed by atoms with Crippen molar-refractivity contribution in [2.75, 3.05) is 13.1 Å². The van der Waals surface area contributed by atoms with Crippen LogP contribution in [0.25, 0.3) is 0 Å². The normalized spacial score (nSPS) is 26.4. The van der Waals surface area contributed by atoms with E-state index in [9.17, 15) is 8.42 Å². The molecule has 1 aliphatic rings. The fraction of sp³-hybridized carbons (Fsp3) is 0.636. The second-order valence-corrected chi connectivity index (χ2v) is 9.31. The first kappa shape index (κ1) is 14.5. The molecule has 4 nitrogen and oxygen atoms in total. The number of hydrogen-bond donors (Lipinski definition) is 1. The van der Waals surface area contributed by atoms with Crippen LogP contribution in [0, 0.1) is 12.8 Å². The smallest absolute Gasteiger partial charge is 0.244 e. The van der Waals surface area contributed by atoms with Gasteiger partial charge in [0.15, 0.2) is 0 Å². The van der Waals surface area contributed by atoms with Crippen LogP contribution in [0.2, 0.25) is 0 Å². The maximum Gasteiger partial charge on any atom is 0.244 e. The van der Waals surface area contributed by atoms with Crippen LogP contribution in [-0.2, 0) is 10.0 Å². The van der Waals surface area contributed by atoms with Crippen LogP contribution in [0.5, 0.6) is 0 Å². The maximum absolute atomic E-state index is 12.5. The first-order valence-electron chi connectivity index (χ1n) is 5.84. The van der Waals surface area contributed by atoms with Gasteiger partial charge in [-0.1, -0.05) is 6.92 Å². The lowest BCUT2D eigenvalue weighted by Crippen LogP contribution is -2.48. The van der Waals surface area contributed by atoms with Crippen LogP contribution in [0.3, 0.4) is 0 Å². The zero-order chi connectivity index (χ0) is 13.5. The number of aryl methyl sites for hydroxylation is 1. The van der Waals surface area contributed by atoms with E-state index in [0.29, 0.717) is 18.0 Å². The van der Waals surface area contributed by atoms with Gasteiger partial charge in [0.1, 0.15) is 0 Å². The number of nitrogens with two attached hydrogens (primary N) is 1. The van der Waals surface area contributed by atoms with E-state index in [1.54, 1.807) is 10.4 Å². The summed E-state index contributed by atoms with van der Waals surface area (Å²) < 4.78 is 27.5. The highest BCUT2D eigenvalue weighted by molar-refractivity contribution is 9.11. The van der Waals surface area contributed by atoms with Gasteiger partial charge in [0.05, 0.1) is 8.68 Å². The van der Waals surface area contributed by atoms with E-state index < -0.39 is 10.0 Å². The summed E-state index contributed by atoms with van der Waals surface area (Å²) >= 11 is 4.78. The van der Waals surface area contributed by atoms with Crippen molar-refractivity contribution in [3.63, 3.8) is 0 Å². The Labute approximate surface area is 120 Å². The first-order chi connectivity index (χ1) is 8.32. The zero-order valence-corrected chi connectivity index (χ0v) is 13.6. The molecule has 18 heavy (non-hydrogen) atoms. The molecule has 2 heterocycles. The van der Waals surface area contributed by atoms with Crippen LogP contribution in [0.1, 0.15) is 18.2 Å². The lowest BCUT2D eigenvalue weighted by Gasteiger charge is -2.34. The topological polar surface area (TPSA) is 63.4 Å². The van der Waals surface area contributed by atoms with Crippen LogP contribution in [0.4, 0.5) is 0 Å². The molecule has 102 valence electrons. The molecule has 1 saturated heterocycles. The molecule has 1 aromatic rings. The molecule has 0 aromatic carbocycles. The summed E-state index contributed by atoms with van der Waals surface area (Å²) in [7, 11) is -3.37. The minimum absolute atomic E-state index is 0.103. The van der Waals surface area contributed by atoms with Gasteiger partial charge in [-0.15, -0.1) is 11.3 Å². The molecule has 1 aromatic heterocycles. The van der Waals surface area contributed by atoms with Gasteiger partial charge in [-0.3, -0.25) is 0 Å². The van der Waals surface area contributed by atoms with Crippen molar-refractivity contribution >= 4 is 37.3 Å². The fourth-order valence-corrected chi connectivity index (χ4v) is 6.11. The third-order valence-corrected chi connectivity index (χ3v) is 7.07. The molecule has 2 atom stereocenters. The van der Waals surface area contributed by atoms with Gasteiger partial charge in [-0.25, -0.2) is 8.42 Å². The van der Waals surface area contributed by atoms with E-state index in [-0.39, 0.29) is 12.0 Å². The average Bonchev–Trinajstić information content (AvgIpc) is 2.62. The van der Waals surface area contributed by atoms with Gasteiger partial charge in [0.25, 0.3) is 0 Å². The molecule has 2 unspecified atom stereocenters. The summed E-state index contributed by atoms with van der Waals surface area (Å²) in [5.74, 6) is 0.205. The molecule has 2 N–H and O–H groups in total. The number of piperidine rings is 1. The number of thiophene rings is 1. The van der Waals surface area contributed by atoms with E-state index in [2.05, 4.69) is 15.9 Å². The molecule has 2 rings (SSSR count). The predicted molar refractivity (Wildman–Crippen MR) is 77.3 cm³/mol. The number of hydrogen-bond acceptors (Lipinski definition) is 4. The van der Waals surface area contributed by atoms with Crippen molar-refractivity contribution in [1.29, 1.82) is 0 Å². The minimum Gasteiger partial charge on any atom is -0.327 e. The summed E-state index contributed by atoms with van der Waals surface area (Å²) in [6.07, 6.45) is 0.727. The number of halogens is 1. The molecule has 0 radical (unpaired) electrons. The van der Waals surface area contributed by atoms with Gasteiger partial charge in [0.2, 0.25) is 10.0 Å². The van der Waals surface area contributed by atoms with Crippen molar-refractivity contribution in [1.82, 2.24) is 4.31 Å². The van der Waals surface area contributed by atoms with Crippen molar-refractivity contribution < 1.29 is 8.42 Å². The first-order valence-corrected chi connectivity index (χ1v) is 8.89. The zero-order valence-electron chi connectivity index (χ0n) is 10.4. The largest absolute Gasteiger partial charge is 0.327 e. The Kier molecular flexibility index (Phi) is 4.18. The second kappa shape index (κ2) is 5.20. The molecule has 7 heteroatoms. The molecule has 0 amide bonds. The van der Waals surface area contributed by atoms with Gasteiger partial charge < -0.3 is 5.73 Å². The predicted octanol–water partition coefficient (Wildman–Crippen LogP) is 2.18. The quantitative estimate of drug-likeness (QED) is 0.886. The van der Waals surface area contributed by atoms with Crippen LogP contribution in [-0.4, -0.2) is 31.9 Å². The molecule has 1 aliphatic heterocycles. The highest BCUT2D eigenvalue weighted by atomic mass is 79.9. The number of sulfonamides is 1. The Bertz CT molecular complexity index is 541. The summed E-state index contributed by atoms with van der Waals surface area (Å²) in [6, 6.07) is 1.79. The van der Waals surface area contributed by atoms with E-state index in [0.717, 1.165) is 15.1 Å². The molecule has 1 fully saturated rings. The van der Waals surface area contributed by atoms with E-state index in [4.69, 9.17) is 5.73 Å². The fourth-order valence-electron chi connectivity index (χ4n) is 2.17. The Balaban J connectivity index is 2.29. The number of nitrogens with zero attached hydrogens (tertiary/aromatic N) is 1. The standard InChI is InChI=1S/C11H17BrN2O2S2/c1-7-6-14(4-3-9(7)13)18(15,16)10-5-11(12)17-8(10)2/h5,7,9H,3-4,6,13H2,1-2H3. The summed E-state index contributed by atoms with van der Waals surface area (Å²) in [4.78, 5) is 1.24. The van der Waals surface area contributed by atoms with Gasteiger partial charge >= 0.3 is 0 Å². The lowest BCUT2D eigenvalue weighted by atomic mass is 9.96. The summed E-state index contributed by atoms with van der Waals surface area (Å²) in [6.45, 7) is 4.86. The number of rotatable bonds is 2. The van der Waals surface area contributed by atoms with Crippen molar-refractivity contribution in [2.24, 2.45) is 11.7 Å². The molecular weight excluding hydrogens is 336 g/mol. The molecule has 0 spiro atoms. The Morgan fingerprint density at radius 3 is 2.72 bits per heavy atom. The Hall–Kier alpha value is 0.0500. The Morgan fingerprint density at radius 1 is 1.56 bits per heavy atom. The van der Waals surface area contributed by atoms with Gasteiger partial charge in [0, 0.05) is 24.0 Å². The molecular formula is C11H17BrN2O2S2. The van der Waals surface area contributed by atoms with Crippen molar-refractivity contribution in [2.45, 2.75) is 31.2 Å². The van der Waals surface area contributed by atoms with E-state index >= 15 is 0 Å². The third-order valence-electron chi connectivity index (χ3n) is 3.39. The molecule has 0 bridgehead atoms. The minimum atomic E-state index is -3.37. The van der Waals surface area contributed by atoms with E-state index in [1.807, 2.05) is 13.8 Å². The van der Waals surface area contributed by atoms with Crippen LogP contribution >= 0.6 is 27.3 Å². The van der Waals surface area contributed by atoms with Gasteiger partial charge in [-0.2, -0.15) is 4.31 Å². The van der Waals surface area contributed by atoms with Gasteiger partial charge in [-0.05, 0) is 41.3 Å².